The molecule has 1 aromatic heterocycles. The highest BCUT2D eigenvalue weighted by Gasteiger charge is 2.19. The maximum atomic E-state index is 13.3. The number of hydrogen-bond acceptors (Lipinski definition) is 1. The van der Waals surface area contributed by atoms with Gasteiger partial charge in [0.15, 0.2) is 0 Å². The minimum atomic E-state index is -0.958. The quantitative estimate of drug-likeness (QED) is 0.899. The number of carbonyl (C=O) groups is 1. The van der Waals surface area contributed by atoms with Crippen LogP contribution in [0.1, 0.15) is 35.8 Å². The normalized spacial score (nSPS) is 11.1. The van der Waals surface area contributed by atoms with Crippen LogP contribution in [0.2, 0.25) is 0 Å². The van der Waals surface area contributed by atoms with E-state index in [9.17, 15) is 14.3 Å². The van der Waals surface area contributed by atoms with Crippen molar-refractivity contribution in [1.82, 2.24) is 4.57 Å². The van der Waals surface area contributed by atoms with Gasteiger partial charge in [-0.3, -0.25) is 0 Å². The Morgan fingerprint density at radius 1 is 1.44 bits per heavy atom. The third kappa shape index (κ3) is 1.98. The average Bonchev–Trinajstić information content (AvgIpc) is 2.59. The Kier molecular flexibility index (Phi) is 3.36. The van der Waals surface area contributed by atoms with Crippen LogP contribution >= 0.6 is 0 Å². The second-order valence-electron chi connectivity index (χ2n) is 4.45. The van der Waals surface area contributed by atoms with E-state index in [1.807, 2.05) is 0 Å². The van der Waals surface area contributed by atoms with Crippen molar-refractivity contribution in [3.05, 3.63) is 35.3 Å². The van der Waals surface area contributed by atoms with Gasteiger partial charge in [0.2, 0.25) is 0 Å². The van der Waals surface area contributed by atoms with Gasteiger partial charge in [0.05, 0.1) is 0 Å². The molecule has 4 heteroatoms. The minimum Gasteiger partial charge on any atom is -0.477 e. The minimum absolute atomic E-state index is 0.268. The molecule has 0 aliphatic rings. The number of hydrogen-bond donors (Lipinski definition) is 1. The van der Waals surface area contributed by atoms with E-state index >= 15 is 0 Å². The Morgan fingerprint density at radius 3 is 2.78 bits per heavy atom. The lowest BCUT2D eigenvalue weighted by molar-refractivity contribution is 0.0684. The lowest BCUT2D eigenvalue weighted by atomic mass is 10.1. The third-order valence-corrected chi connectivity index (χ3v) is 3.22. The van der Waals surface area contributed by atoms with Crippen molar-refractivity contribution in [3.63, 3.8) is 0 Å². The van der Waals surface area contributed by atoms with Crippen LogP contribution in [0.25, 0.3) is 10.9 Å². The van der Waals surface area contributed by atoms with Gasteiger partial charge in [-0.1, -0.05) is 13.3 Å². The van der Waals surface area contributed by atoms with Crippen molar-refractivity contribution in [3.8, 4) is 0 Å². The summed E-state index contributed by atoms with van der Waals surface area (Å²) in [6.07, 6.45) is 1.89. The van der Waals surface area contributed by atoms with Gasteiger partial charge >= 0.3 is 5.97 Å². The topological polar surface area (TPSA) is 42.2 Å². The van der Waals surface area contributed by atoms with Crippen molar-refractivity contribution >= 4 is 16.9 Å². The second-order valence-corrected chi connectivity index (χ2v) is 4.45. The second kappa shape index (κ2) is 4.80. The third-order valence-electron chi connectivity index (χ3n) is 3.22. The van der Waals surface area contributed by atoms with Crippen molar-refractivity contribution < 1.29 is 14.3 Å². The van der Waals surface area contributed by atoms with Crippen LogP contribution in [0.15, 0.2) is 18.2 Å². The van der Waals surface area contributed by atoms with Crippen LogP contribution in [0.5, 0.6) is 0 Å². The van der Waals surface area contributed by atoms with Gasteiger partial charge in [-0.15, -0.1) is 0 Å². The van der Waals surface area contributed by atoms with Crippen LogP contribution in [0.4, 0.5) is 4.39 Å². The van der Waals surface area contributed by atoms with Gasteiger partial charge in [0.25, 0.3) is 0 Å². The number of rotatable bonds is 4. The number of aromatic nitrogens is 1. The molecule has 0 spiro atoms. The number of aryl methyl sites for hydroxylation is 2. The van der Waals surface area contributed by atoms with Crippen LogP contribution in [-0.4, -0.2) is 15.6 Å². The van der Waals surface area contributed by atoms with E-state index in [1.165, 1.54) is 12.1 Å². The molecule has 0 aliphatic heterocycles. The molecule has 18 heavy (non-hydrogen) atoms. The van der Waals surface area contributed by atoms with E-state index in [-0.39, 0.29) is 11.5 Å². The fourth-order valence-electron chi connectivity index (χ4n) is 2.32. The van der Waals surface area contributed by atoms with Gasteiger partial charge in [-0.2, -0.15) is 0 Å². The number of benzene rings is 1. The lowest BCUT2D eigenvalue weighted by Crippen LogP contribution is -2.09. The van der Waals surface area contributed by atoms with Gasteiger partial charge in [0.1, 0.15) is 11.5 Å². The fraction of sp³-hybridized carbons (Fsp3) is 0.357. The first-order valence-electron chi connectivity index (χ1n) is 6.08. The molecule has 2 rings (SSSR count). The number of unbranched alkanes of at least 4 members (excludes halogenated alkanes) is 1. The molecular weight excluding hydrogens is 233 g/mol. The molecule has 1 aromatic carbocycles. The Morgan fingerprint density at radius 2 is 2.17 bits per heavy atom. The molecule has 0 unspecified atom stereocenters. The molecule has 1 heterocycles. The lowest BCUT2D eigenvalue weighted by Gasteiger charge is -2.07. The molecule has 96 valence electrons. The zero-order chi connectivity index (χ0) is 13.3. The summed E-state index contributed by atoms with van der Waals surface area (Å²) in [7, 11) is 0. The molecule has 0 bridgehead atoms. The molecule has 2 aromatic rings. The van der Waals surface area contributed by atoms with Gasteiger partial charge in [-0.25, -0.2) is 9.18 Å². The Bertz CT molecular complexity index is 601. The number of carboxylic acid groups (broad SMARTS) is 1. The molecule has 0 saturated carbocycles. The molecule has 3 nitrogen and oxygen atoms in total. The largest absolute Gasteiger partial charge is 0.477 e. The maximum absolute atomic E-state index is 13.3. The zero-order valence-electron chi connectivity index (χ0n) is 10.5. The van der Waals surface area contributed by atoms with Crippen molar-refractivity contribution in [1.29, 1.82) is 0 Å². The summed E-state index contributed by atoms with van der Waals surface area (Å²) < 4.78 is 15.0. The highest BCUT2D eigenvalue weighted by Crippen LogP contribution is 2.27. The Hall–Kier alpha value is -1.84. The van der Waals surface area contributed by atoms with Crippen LogP contribution in [0, 0.1) is 12.7 Å². The number of halogens is 1. The predicted octanol–water partition coefficient (Wildman–Crippen LogP) is 3.59. The average molecular weight is 249 g/mol. The van der Waals surface area contributed by atoms with Crippen LogP contribution in [0.3, 0.4) is 0 Å². The molecule has 0 amide bonds. The maximum Gasteiger partial charge on any atom is 0.352 e. The van der Waals surface area contributed by atoms with Crippen molar-refractivity contribution in [2.24, 2.45) is 0 Å². The summed E-state index contributed by atoms with van der Waals surface area (Å²) in [4.78, 5) is 11.3. The van der Waals surface area contributed by atoms with E-state index in [1.54, 1.807) is 17.6 Å². The SMILES string of the molecule is CCCCn1c(C(=O)O)c(C)c2cc(F)ccc21. The summed E-state index contributed by atoms with van der Waals surface area (Å²) in [5.41, 5.74) is 1.69. The Labute approximate surface area is 105 Å². The molecular formula is C14H16FNO2. The highest BCUT2D eigenvalue weighted by atomic mass is 19.1. The van der Waals surface area contributed by atoms with E-state index in [4.69, 9.17) is 0 Å². The molecule has 0 fully saturated rings. The summed E-state index contributed by atoms with van der Waals surface area (Å²) in [6.45, 7) is 4.43. The first-order chi connectivity index (χ1) is 8.56. The van der Waals surface area contributed by atoms with E-state index in [2.05, 4.69) is 6.92 Å². The number of fused-ring (bicyclic) bond motifs is 1. The number of nitrogens with zero attached hydrogens (tertiary/aromatic N) is 1. The fourth-order valence-corrected chi connectivity index (χ4v) is 2.32. The predicted molar refractivity (Wildman–Crippen MR) is 68.5 cm³/mol. The van der Waals surface area contributed by atoms with Crippen molar-refractivity contribution in [2.45, 2.75) is 33.2 Å². The zero-order valence-corrected chi connectivity index (χ0v) is 10.5. The van der Waals surface area contributed by atoms with E-state index in [0.717, 1.165) is 18.4 Å². The van der Waals surface area contributed by atoms with Crippen molar-refractivity contribution in [2.75, 3.05) is 0 Å². The first kappa shape index (κ1) is 12.6. The summed E-state index contributed by atoms with van der Waals surface area (Å²) in [5, 5.41) is 9.99. The summed E-state index contributed by atoms with van der Waals surface area (Å²) in [5.74, 6) is -1.30. The van der Waals surface area contributed by atoms with E-state index in [0.29, 0.717) is 17.5 Å². The molecule has 0 atom stereocenters. The van der Waals surface area contributed by atoms with Gasteiger partial charge < -0.3 is 9.67 Å². The molecule has 1 N–H and O–H groups in total. The summed E-state index contributed by atoms with van der Waals surface area (Å²) in [6, 6.07) is 4.43. The smallest absolute Gasteiger partial charge is 0.352 e. The molecule has 0 saturated heterocycles. The first-order valence-corrected chi connectivity index (χ1v) is 6.08. The monoisotopic (exact) mass is 249 g/mol. The number of aromatic carboxylic acids is 1. The van der Waals surface area contributed by atoms with Gasteiger partial charge in [-0.05, 0) is 37.1 Å². The molecule has 0 radical (unpaired) electrons. The van der Waals surface area contributed by atoms with Crippen LogP contribution < -0.4 is 0 Å². The Balaban J connectivity index is 2.70. The number of carboxylic acids is 1. The van der Waals surface area contributed by atoms with E-state index < -0.39 is 5.97 Å². The van der Waals surface area contributed by atoms with Gasteiger partial charge in [0, 0.05) is 17.4 Å². The summed E-state index contributed by atoms with van der Waals surface area (Å²) >= 11 is 0. The highest BCUT2D eigenvalue weighted by molar-refractivity contribution is 5.98. The van der Waals surface area contributed by atoms with Crippen LogP contribution in [-0.2, 0) is 6.54 Å². The molecule has 0 aliphatic carbocycles. The standard InChI is InChI=1S/C14H16FNO2/c1-3-4-7-16-12-6-5-10(15)8-11(12)9(2)13(16)14(17)18/h5-6,8H,3-4,7H2,1-2H3,(H,17,18).